The Morgan fingerprint density at radius 2 is 2.10 bits per heavy atom. The van der Waals surface area contributed by atoms with Gasteiger partial charge in [0.2, 0.25) is 0 Å². The van der Waals surface area contributed by atoms with Gasteiger partial charge in [-0.2, -0.15) is 0 Å². The molecule has 21 heavy (non-hydrogen) atoms. The Balaban J connectivity index is 2.08. The first-order valence-corrected chi connectivity index (χ1v) is 7.32. The predicted octanol–water partition coefficient (Wildman–Crippen LogP) is 1.82. The summed E-state index contributed by atoms with van der Waals surface area (Å²) in [5.74, 6) is -0.361. The van der Waals surface area contributed by atoms with E-state index in [-0.39, 0.29) is 5.97 Å². The van der Waals surface area contributed by atoms with Gasteiger partial charge in [-0.25, -0.2) is 9.78 Å². The van der Waals surface area contributed by atoms with Crippen LogP contribution < -0.4 is 10.2 Å². The molecule has 2 aromatic rings. The molecule has 0 amide bonds. The summed E-state index contributed by atoms with van der Waals surface area (Å²) in [7, 11) is 0. The molecule has 2 heterocycles. The van der Waals surface area contributed by atoms with Crippen LogP contribution in [-0.4, -0.2) is 43.7 Å². The lowest BCUT2D eigenvalue weighted by Gasteiger charge is -2.30. The zero-order chi connectivity index (χ0) is 14.7. The van der Waals surface area contributed by atoms with Crippen LogP contribution in [0.3, 0.4) is 0 Å². The number of nitrogens with one attached hydrogen (secondary N) is 1. The first-order valence-electron chi connectivity index (χ1n) is 7.32. The van der Waals surface area contributed by atoms with Gasteiger partial charge in [0.1, 0.15) is 0 Å². The Morgan fingerprint density at radius 1 is 1.33 bits per heavy atom. The van der Waals surface area contributed by atoms with Crippen molar-refractivity contribution in [3.63, 3.8) is 0 Å². The second-order valence-electron chi connectivity index (χ2n) is 5.00. The molecule has 1 aliphatic heterocycles. The Morgan fingerprint density at radius 3 is 2.86 bits per heavy atom. The molecule has 5 nitrogen and oxygen atoms in total. The minimum Gasteiger partial charge on any atom is -0.461 e. The molecule has 1 N–H and O–H groups in total. The minimum atomic E-state index is -0.361. The molecule has 1 aliphatic rings. The highest BCUT2D eigenvalue weighted by Gasteiger charge is 2.18. The van der Waals surface area contributed by atoms with Crippen LogP contribution in [0, 0.1) is 0 Å². The first kappa shape index (κ1) is 13.8. The van der Waals surface area contributed by atoms with Gasteiger partial charge in [0.15, 0.2) is 5.69 Å². The number of benzene rings is 1. The van der Waals surface area contributed by atoms with Crippen molar-refractivity contribution in [2.45, 2.75) is 6.92 Å². The molecular formula is C16H19N3O2. The predicted molar refractivity (Wildman–Crippen MR) is 82.8 cm³/mol. The zero-order valence-corrected chi connectivity index (χ0v) is 12.1. The molecular weight excluding hydrogens is 266 g/mol. The number of carbonyl (C=O) groups excluding carboxylic acids is 1. The number of nitrogens with zero attached hydrogens (tertiary/aromatic N) is 2. The average molecular weight is 285 g/mol. The number of aromatic nitrogens is 1. The molecule has 110 valence electrons. The summed E-state index contributed by atoms with van der Waals surface area (Å²) in [4.78, 5) is 18.7. The average Bonchev–Trinajstić information content (AvgIpc) is 2.55. The fourth-order valence-corrected chi connectivity index (χ4v) is 2.63. The molecule has 0 atom stereocenters. The van der Waals surface area contributed by atoms with E-state index < -0.39 is 0 Å². The minimum absolute atomic E-state index is 0.357. The van der Waals surface area contributed by atoms with Crippen molar-refractivity contribution in [1.29, 1.82) is 0 Å². The van der Waals surface area contributed by atoms with Crippen molar-refractivity contribution in [3.8, 4) is 0 Å². The van der Waals surface area contributed by atoms with E-state index in [4.69, 9.17) is 4.74 Å². The summed E-state index contributed by atoms with van der Waals surface area (Å²) in [5, 5.41) is 4.42. The van der Waals surface area contributed by atoms with E-state index in [1.165, 1.54) is 0 Å². The van der Waals surface area contributed by atoms with Gasteiger partial charge in [0, 0.05) is 37.3 Å². The Hall–Kier alpha value is -2.14. The van der Waals surface area contributed by atoms with E-state index in [1.54, 1.807) is 6.92 Å². The van der Waals surface area contributed by atoms with E-state index in [1.807, 2.05) is 24.3 Å². The summed E-state index contributed by atoms with van der Waals surface area (Å²) in [6.45, 7) is 5.91. The highest BCUT2D eigenvalue weighted by Crippen LogP contribution is 2.27. The SMILES string of the molecule is CCOC(=O)c1cc(N2CCNCC2)c2ccccc2n1. The van der Waals surface area contributed by atoms with Crippen molar-refractivity contribution in [2.75, 3.05) is 37.7 Å². The fraction of sp³-hybridized carbons (Fsp3) is 0.375. The van der Waals surface area contributed by atoms with Crippen LogP contribution in [-0.2, 0) is 4.74 Å². The topological polar surface area (TPSA) is 54.5 Å². The molecule has 0 saturated carbocycles. The molecule has 0 aliphatic carbocycles. The van der Waals surface area contributed by atoms with Crippen molar-refractivity contribution in [2.24, 2.45) is 0 Å². The van der Waals surface area contributed by atoms with Crippen LogP contribution in [0.1, 0.15) is 17.4 Å². The summed E-state index contributed by atoms with van der Waals surface area (Å²) >= 11 is 0. The Kier molecular flexibility index (Phi) is 4.01. The van der Waals surface area contributed by atoms with E-state index in [0.29, 0.717) is 12.3 Å². The monoisotopic (exact) mass is 285 g/mol. The molecule has 0 radical (unpaired) electrons. The molecule has 5 heteroatoms. The third-order valence-electron chi connectivity index (χ3n) is 3.64. The van der Waals surface area contributed by atoms with Crippen LogP contribution in [0.5, 0.6) is 0 Å². The third kappa shape index (κ3) is 2.83. The van der Waals surface area contributed by atoms with Crippen molar-refractivity contribution in [1.82, 2.24) is 10.3 Å². The van der Waals surface area contributed by atoms with Crippen LogP contribution in [0.2, 0.25) is 0 Å². The van der Waals surface area contributed by atoms with E-state index in [2.05, 4.69) is 21.3 Å². The highest BCUT2D eigenvalue weighted by atomic mass is 16.5. The lowest BCUT2D eigenvalue weighted by molar-refractivity contribution is 0.0520. The van der Waals surface area contributed by atoms with Crippen molar-refractivity contribution in [3.05, 3.63) is 36.0 Å². The van der Waals surface area contributed by atoms with E-state index >= 15 is 0 Å². The van der Waals surface area contributed by atoms with E-state index in [9.17, 15) is 4.79 Å². The summed E-state index contributed by atoms with van der Waals surface area (Å²) in [6, 6.07) is 9.77. The maximum atomic E-state index is 12.0. The highest BCUT2D eigenvalue weighted by molar-refractivity contribution is 5.98. The second kappa shape index (κ2) is 6.10. The molecule has 0 unspecified atom stereocenters. The zero-order valence-electron chi connectivity index (χ0n) is 12.1. The number of carbonyl (C=O) groups is 1. The number of esters is 1. The third-order valence-corrected chi connectivity index (χ3v) is 3.64. The van der Waals surface area contributed by atoms with Crippen molar-refractivity contribution >= 4 is 22.6 Å². The standard InChI is InChI=1S/C16H19N3O2/c1-2-21-16(20)14-11-15(19-9-7-17-8-10-19)12-5-3-4-6-13(12)18-14/h3-6,11,17H,2,7-10H2,1H3. The molecule has 1 aromatic heterocycles. The quantitative estimate of drug-likeness (QED) is 0.872. The second-order valence-corrected chi connectivity index (χ2v) is 5.00. The summed E-state index contributed by atoms with van der Waals surface area (Å²) < 4.78 is 5.09. The normalized spacial score (nSPS) is 15.2. The molecule has 1 aromatic carbocycles. The fourth-order valence-electron chi connectivity index (χ4n) is 2.63. The number of piperazine rings is 1. The van der Waals surface area contributed by atoms with Gasteiger partial charge in [0.05, 0.1) is 12.1 Å². The van der Waals surface area contributed by atoms with Gasteiger partial charge in [-0.15, -0.1) is 0 Å². The number of para-hydroxylation sites is 1. The van der Waals surface area contributed by atoms with Crippen LogP contribution >= 0.6 is 0 Å². The smallest absolute Gasteiger partial charge is 0.357 e. The molecule has 0 bridgehead atoms. The van der Waals surface area contributed by atoms with Gasteiger partial charge in [-0.05, 0) is 19.1 Å². The number of hydrogen-bond donors (Lipinski definition) is 1. The lowest BCUT2D eigenvalue weighted by atomic mass is 10.1. The number of hydrogen-bond acceptors (Lipinski definition) is 5. The van der Waals surface area contributed by atoms with Gasteiger partial charge >= 0.3 is 5.97 Å². The van der Waals surface area contributed by atoms with Gasteiger partial charge in [-0.3, -0.25) is 0 Å². The Bertz CT molecular complexity index is 651. The molecule has 3 rings (SSSR count). The molecule has 1 saturated heterocycles. The molecule has 1 fully saturated rings. The number of fused-ring (bicyclic) bond motifs is 1. The maximum absolute atomic E-state index is 12.0. The number of ether oxygens (including phenoxy) is 1. The van der Waals surface area contributed by atoms with Crippen LogP contribution in [0.25, 0.3) is 10.9 Å². The van der Waals surface area contributed by atoms with Gasteiger partial charge in [-0.1, -0.05) is 18.2 Å². The largest absolute Gasteiger partial charge is 0.461 e. The van der Waals surface area contributed by atoms with Crippen molar-refractivity contribution < 1.29 is 9.53 Å². The van der Waals surface area contributed by atoms with Gasteiger partial charge in [0.25, 0.3) is 0 Å². The first-order chi connectivity index (χ1) is 10.3. The molecule has 0 spiro atoms. The number of pyridine rings is 1. The van der Waals surface area contributed by atoms with E-state index in [0.717, 1.165) is 42.8 Å². The number of anilines is 1. The maximum Gasteiger partial charge on any atom is 0.357 e. The number of rotatable bonds is 3. The van der Waals surface area contributed by atoms with Gasteiger partial charge < -0.3 is 15.0 Å². The van der Waals surface area contributed by atoms with Crippen LogP contribution in [0.4, 0.5) is 5.69 Å². The summed E-state index contributed by atoms with van der Waals surface area (Å²) in [5.41, 5.74) is 2.27. The summed E-state index contributed by atoms with van der Waals surface area (Å²) in [6.07, 6.45) is 0. The van der Waals surface area contributed by atoms with Crippen LogP contribution in [0.15, 0.2) is 30.3 Å². The lowest BCUT2D eigenvalue weighted by Crippen LogP contribution is -2.43. The Labute approximate surface area is 123 Å².